The average Bonchev–Trinajstić information content (AvgIpc) is 3.02. The SMILES string of the molecule is Cc1cc(Cl)c(OC(c2ccccc2C)c2cccc(CCCN3CCOCC3)c2C)cc1OCc1cncc(C#N)c1. The average molecular weight is 596 g/mol. The number of benzene rings is 3. The summed E-state index contributed by atoms with van der Waals surface area (Å²) in [6, 6.07) is 22.5. The molecule has 7 heteroatoms. The first-order valence-corrected chi connectivity index (χ1v) is 15.2. The van der Waals surface area contributed by atoms with Crippen LogP contribution < -0.4 is 9.47 Å². The second-order valence-electron chi connectivity index (χ2n) is 11.1. The molecule has 6 nitrogen and oxygen atoms in total. The zero-order chi connectivity index (χ0) is 30.2. The zero-order valence-corrected chi connectivity index (χ0v) is 25.9. The molecule has 0 aliphatic carbocycles. The normalized spacial score (nSPS) is 14.2. The van der Waals surface area contributed by atoms with E-state index in [1.54, 1.807) is 12.3 Å². The molecule has 0 amide bonds. The second kappa shape index (κ2) is 14.5. The van der Waals surface area contributed by atoms with E-state index in [0.29, 0.717) is 22.1 Å². The maximum absolute atomic E-state index is 9.21. The van der Waals surface area contributed by atoms with E-state index in [2.05, 4.69) is 66.2 Å². The summed E-state index contributed by atoms with van der Waals surface area (Å²) in [7, 11) is 0. The van der Waals surface area contributed by atoms with Crippen molar-refractivity contribution in [3.8, 4) is 17.6 Å². The Bertz CT molecular complexity index is 1590. The molecule has 4 aromatic rings. The summed E-state index contributed by atoms with van der Waals surface area (Å²) in [6.07, 6.45) is 4.98. The van der Waals surface area contributed by atoms with Gasteiger partial charge in [0.1, 0.15) is 30.3 Å². The van der Waals surface area contributed by atoms with E-state index in [-0.39, 0.29) is 12.7 Å². The third kappa shape index (κ3) is 7.74. The van der Waals surface area contributed by atoms with Crippen LogP contribution in [0.5, 0.6) is 11.5 Å². The van der Waals surface area contributed by atoms with E-state index in [4.69, 9.17) is 25.8 Å². The van der Waals surface area contributed by atoms with Gasteiger partial charge in [-0.3, -0.25) is 9.88 Å². The molecule has 43 heavy (non-hydrogen) atoms. The number of rotatable bonds is 11. The molecule has 2 heterocycles. The number of pyridine rings is 1. The number of morpholine rings is 1. The van der Waals surface area contributed by atoms with Crippen molar-refractivity contribution in [2.45, 2.75) is 46.3 Å². The van der Waals surface area contributed by atoms with E-state index >= 15 is 0 Å². The maximum Gasteiger partial charge on any atom is 0.149 e. The Morgan fingerprint density at radius 2 is 1.74 bits per heavy atom. The first-order chi connectivity index (χ1) is 20.9. The lowest BCUT2D eigenvalue weighted by molar-refractivity contribution is 0.0374. The van der Waals surface area contributed by atoms with Crippen LogP contribution in [0.15, 0.2) is 73.1 Å². The van der Waals surface area contributed by atoms with Crippen molar-refractivity contribution in [3.05, 3.63) is 123 Å². The Morgan fingerprint density at radius 1 is 0.953 bits per heavy atom. The molecule has 1 unspecified atom stereocenters. The lowest BCUT2D eigenvalue weighted by Gasteiger charge is -2.27. The molecule has 1 saturated heterocycles. The first kappa shape index (κ1) is 30.6. The van der Waals surface area contributed by atoms with Crippen molar-refractivity contribution in [1.29, 1.82) is 5.26 Å². The highest BCUT2D eigenvalue weighted by Gasteiger charge is 2.23. The fraction of sp³-hybridized carbons (Fsp3) is 0.333. The molecule has 1 aliphatic rings. The second-order valence-corrected chi connectivity index (χ2v) is 11.5. The topological polar surface area (TPSA) is 67.6 Å². The van der Waals surface area contributed by atoms with Crippen LogP contribution >= 0.6 is 11.6 Å². The summed E-state index contributed by atoms with van der Waals surface area (Å²) in [5.41, 5.74) is 8.14. The van der Waals surface area contributed by atoms with Crippen LogP contribution in [0.3, 0.4) is 0 Å². The molecular formula is C36H38ClN3O3. The first-order valence-electron chi connectivity index (χ1n) is 14.8. The number of nitriles is 1. The highest BCUT2D eigenvalue weighted by Crippen LogP contribution is 2.39. The predicted molar refractivity (Wildman–Crippen MR) is 170 cm³/mol. The van der Waals surface area contributed by atoms with Crippen molar-refractivity contribution < 1.29 is 14.2 Å². The summed E-state index contributed by atoms with van der Waals surface area (Å²) >= 11 is 6.79. The maximum atomic E-state index is 9.21. The molecule has 3 aromatic carbocycles. The minimum absolute atomic E-state index is 0.275. The van der Waals surface area contributed by atoms with Gasteiger partial charge < -0.3 is 14.2 Å². The molecule has 1 atom stereocenters. The van der Waals surface area contributed by atoms with E-state index in [9.17, 15) is 5.26 Å². The summed E-state index contributed by atoms with van der Waals surface area (Å²) in [5, 5.41) is 9.74. The highest BCUT2D eigenvalue weighted by molar-refractivity contribution is 6.32. The van der Waals surface area contributed by atoms with Crippen LogP contribution in [0.4, 0.5) is 0 Å². The molecule has 1 aliphatic heterocycles. The lowest BCUT2D eigenvalue weighted by Crippen LogP contribution is -2.36. The molecule has 0 radical (unpaired) electrons. The minimum atomic E-state index is -0.357. The van der Waals surface area contributed by atoms with Crippen LogP contribution in [-0.2, 0) is 17.8 Å². The fourth-order valence-corrected chi connectivity index (χ4v) is 5.81. The van der Waals surface area contributed by atoms with Crippen LogP contribution in [-0.4, -0.2) is 42.7 Å². The molecule has 222 valence electrons. The quantitative estimate of drug-likeness (QED) is 0.178. The Kier molecular flexibility index (Phi) is 10.3. The van der Waals surface area contributed by atoms with Gasteiger partial charge in [0, 0.05) is 42.7 Å². The third-order valence-corrected chi connectivity index (χ3v) is 8.35. The Morgan fingerprint density at radius 3 is 2.53 bits per heavy atom. The smallest absolute Gasteiger partial charge is 0.149 e. The number of halogens is 1. The van der Waals surface area contributed by atoms with E-state index in [0.717, 1.165) is 73.5 Å². The number of nitrogens with zero attached hydrogens (tertiary/aromatic N) is 3. The fourth-order valence-electron chi connectivity index (χ4n) is 5.55. The van der Waals surface area contributed by atoms with Gasteiger partial charge in [0.25, 0.3) is 0 Å². The highest BCUT2D eigenvalue weighted by atomic mass is 35.5. The van der Waals surface area contributed by atoms with Gasteiger partial charge in [-0.05, 0) is 80.1 Å². The Labute approximate surface area is 259 Å². The van der Waals surface area contributed by atoms with E-state index in [1.165, 1.54) is 17.3 Å². The van der Waals surface area contributed by atoms with Crippen molar-refractivity contribution >= 4 is 11.6 Å². The number of aromatic nitrogens is 1. The summed E-state index contributed by atoms with van der Waals surface area (Å²) in [5.74, 6) is 1.22. The molecule has 5 rings (SSSR count). The van der Waals surface area contributed by atoms with Gasteiger partial charge in [0.2, 0.25) is 0 Å². The largest absolute Gasteiger partial charge is 0.488 e. The van der Waals surface area contributed by atoms with Crippen LogP contribution in [0.2, 0.25) is 5.02 Å². The number of aryl methyl sites for hydroxylation is 3. The summed E-state index contributed by atoms with van der Waals surface area (Å²) in [4.78, 5) is 6.62. The molecule has 0 bridgehead atoms. The van der Waals surface area contributed by atoms with Crippen LogP contribution in [0, 0.1) is 32.1 Å². The molecule has 1 aromatic heterocycles. The van der Waals surface area contributed by atoms with Crippen molar-refractivity contribution in [2.24, 2.45) is 0 Å². The minimum Gasteiger partial charge on any atom is -0.488 e. The number of hydrogen-bond acceptors (Lipinski definition) is 6. The Hall–Kier alpha value is -3.89. The number of hydrogen-bond donors (Lipinski definition) is 0. The van der Waals surface area contributed by atoms with Crippen LogP contribution in [0.1, 0.15) is 57.0 Å². The molecule has 0 spiro atoms. The van der Waals surface area contributed by atoms with E-state index in [1.807, 2.05) is 25.1 Å². The van der Waals surface area contributed by atoms with E-state index < -0.39 is 0 Å². The van der Waals surface area contributed by atoms with Gasteiger partial charge in [-0.1, -0.05) is 54.1 Å². The summed E-state index contributed by atoms with van der Waals surface area (Å²) in [6.45, 7) is 11.3. The monoisotopic (exact) mass is 595 g/mol. The standard InChI is InChI=1S/C36H38ClN3O3/c1-25-8-4-5-11-31(25)36(32-12-6-9-30(27(32)3)10-7-13-40-14-16-41-17-15-40)43-35-20-34(26(2)18-33(35)37)42-24-29-19-28(21-38)22-39-23-29/h4-6,8-9,11-12,18-20,22-23,36H,7,10,13-17,24H2,1-3H3. The molecule has 0 N–H and O–H groups in total. The molecular weight excluding hydrogens is 558 g/mol. The predicted octanol–water partition coefficient (Wildman–Crippen LogP) is 7.54. The van der Waals surface area contributed by atoms with Crippen LogP contribution in [0.25, 0.3) is 0 Å². The van der Waals surface area contributed by atoms with Gasteiger partial charge >= 0.3 is 0 Å². The molecule has 1 fully saturated rings. The lowest BCUT2D eigenvalue weighted by atomic mass is 9.90. The van der Waals surface area contributed by atoms with Gasteiger partial charge in [0.15, 0.2) is 0 Å². The van der Waals surface area contributed by atoms with Gasteiger partial charge in [-0.25, -0.2) is 0 Å². The van der Waals surface area contributed by atoms with Crippen molar-refractivity contribution in [3.63, 3.8) is 0 Å². The zero-order valence-electron chi connectivity index (χ0n) is 25.1. The summed E-state index contributed by atoms with van der Waals surface area (Å²) < 4.78 is 18.5. The van der Waals surface area contributed by atoms with Crippen molar-refractivity contribution in [1.82, 2.24) is 9.88 Å². The van der Waals surface area contributed by atoms with Gasteiger partial charge in [-0.15, -0.1) is 0 Å². The van der Waals surface area contributed by atoms with Gasteiger partial charge in [-0.2, -0.15) is 5.26 Å². The third-order valence-electron chi connectivity index (χ3n) is 8.06. The van der Waals surface area contributed by atoms with Gasteiger partial charge in [0.05, 0.1) is 23.8 Å². The molecule has 0 saturated carbocycles. The number of ether oxygens (including phenoxy) is 3. The Balaban J connectivity index is 1.41. The van der Waals surface area contributed by atoms with Crippen molar-refractivity contribution in [2.75, 3.05) is 32.8 Å².